The maximum Gasteiger partial charge on any atom is 0.150 e. The number of hydrogen-bond donors (Lipinski definition) is 1. The molecule has 0 aliphatic carbocycles. The van der Waals surface area contributed by atoms with E-state index in [4.69, 9.17) is 12.2 Å². The van der Waals surface area contributed by atoms with Gasteiger partial charge in [-0.05, 0) is 42.3 Å². The molecular weight excluding hydrogens is 402 g/mol. The van der Waals surface area contributed by atoms with E-state index in [-0.39, 0.29) is 0 Å². The number of thioether (sulfide) groups is 1. The van der Waals surface area contributed by atoms with E-state index in [0.29, 0.717) is 0 Å². The lowest BCUT2D eigenvalue weighted by Gasteiger charge is -2.37. The Balaban J connectivity index is 1.89. The Morgan fingerprint density at radius 1 is 0.700 bits per heavy atom. The highest BCUT2D eigenvalue weighted by Crippen LogP contribution is 2.45. The zero-order valence-corrected chi connectivity index (χ0v) is 18.4. The highest BCUT2D eigenvalue weighted by molar-refractivity contribution is 8.02. The number of benzene rings is 4. The van der Waals surface area contributed by atoms with Crippen LogP contribution in [0.15, 0.2) is 120 Å². The largest absolute Gasteiger partial charge is 0.362 e. The Kier molecular flexibility index (Phi) is 6.32. The van der Waals surface area contributed by atoms with Crippen LogP contribution in [-0.2, 0) is 4.87 Å². The summed E-state index contributed by atoms with van der Waals surface area (Å²) in [5, 5.41) is 3.80. The molecule has 1 N–H and O–H groups in total. The van der Waals surface area contributed by atoms with Gasteiger partial charge in [0.25, 0.3) is 0 Å². The normalized spacial score (nSPS) is 12.7. The second-order valence-electron chi connectivity index (χ2n) is 7.15. The molecule has 0 saturated carbocycles. The molecule has 0 heterocycles. The van der Waals surface area contributed by atoms with E-state index in [9.17, 15) is 0 Å². The first-order valence-electron chi connectivity index (χ1n) is 9.92. The second kappa shape index (κ2) is 9.29. The molecule has 4 aromatic rings. The molecule has 0 fully saturated rings. The van der Waals surface area contributed by atoms with Crippen molar-refractivity contribution >= 4 is 34.5 Å². The smallest absolute Gasteiger partial charge is 0.150 e. The molecule has 30 heavy (non-hydrogen) atoms. The Labute approximate surface area is 188 Å². The van der Waals surface area contributed by atoms with Gasteiger partial charge in [0.2, 0.25) is 0 Å². The lowest BCUT2D eigenvalue weighted by molar-refractivity contribution is 0.965. The average molecular weight is 426 g/mol. The van der Waals surface area contributed by atoms with Crippen molar-refractivity contribution in [1.29, 1.82) is 0 Å². The van der Waals surface area contributed by atoms with Crippen molar-refractivity contribution in [3.05, 3.63) is 132 Å². The molecule has 0 spiro atoms. The number of nitrogens with one attached hydrogen (secondary N) is 1. The fourth-order valence-corrected chi connectivity index (χ4v) is 5.07. The maximum atomic E-state index is 6.18. The lowest BCUT2D eigenvalue weighted by Crippen LogP contribution is -2.40. The molecule has 0 amide bonds. The SMILES string of the molecule is Cc1ccc(NC(Sc2ccccc2)(C(=S)c2ccccc2)c2ccccc2)cc1. The Hall–Kier alpha value is -2.88. The van der Waals surface area contributed by atoms with E-state index in [2.05, 4.69) is 97.2 Å². The Morgan fingerprint density at radius 2 is 1.23 bits per heavy atom. The fourth-order valence-electron chi connectivity index (χ4n) is 3.36. The molecule has 0 aliphatic heterocycles. The molecule has 0 saturated heterocycles. The summed E-state index contributed by atoms with van der Waals surface area (Å²) < 4.78 is 0. The van der Waals surface area contributed by atoms with Gasteiger partial charge in [-0.1, -0.05) is 121 Å². The molecule has 4 rings (SSSR count). The van der Waals surface area contributed by atoms with Gasteiger partial charge in [-0.2, -0.15) is 0 Å². The van der Waals surface area contributed by atoms with Crippen molar-refractivity contribution < 1.29 is 0 Å². The van der Waals surface area contributed by atoms with Gasteiger partial charge in [0.15, 0.2) is 4.87 Å². The zero-order valence-electron chi connectivity index (χ0n) is 16.8. The van der Waals surface area contributed by atoms with Crippen LogP contribution < -0.4 is 5.32 Å². The van der Waals surface area contributed by atoms with Crippen LogP contribution in [0.3, 0.4) is 0 Å². The van der Waals surface area contributed by atoms with Crippen molar-refractivity contribution in [2.45, 2.75) is 16.7 Å². The third-order valence-corrected chi connectivity index (χ3v) is 6.95. The highest BCUT2D eigenvalue weighted by Gasteiger charge is 2.39. The van der Waals surface area contributed by atoms with Crippen LogP contribution in [0.2, 0.25) is 0 Å². The van der Waals surface area contributed by atoms with Crippen molar-refractivity contribution in [1.82, 2.24) is 0 Å². The van der Waals surface area contributed by atoms with Gasteiger partial charge < -0.3 is 5.32 Å². The topological polar surface area (TPSA) is 12.0 Å². The summed E-state index contributed by atoms with van der Waals surface area (Å²) >= 11 is 7.92. The van der Waals surface area contributed by atoms with E-state index >= 15 is 0 Å². The third kappa shape index (κ3) is 4.48. The molecular formula is C27H23NS2. The summed E-state index contributed by atoms with van der Waals surface area (Å²) in [6.07, 6.45) is 0. The molecule has 0 radical (unpaired) electrons. The molecule has 0 aromatic heterocycles. The Morgan fingerprint density at radius 3 is 1.83 bits per heavy atom. The van der Waals surface area contributed by atoms with Gasteiger partial charge in [-0.15, -0.1) is 0 Å². The number of hydrogen-bond acceptors (Lipinski definition) is 3. The van der Waals surface area contributed by atoms with E-state index in [0.717, 1.165) is 26.6 Å². The van der Waals surface area contributed by atoms with Gasteiger partial charge in [0.1, 0.15) is 0 Å². The van der Waals surface area contributed by atoms with Gasteiger partial charge in [0, 0.05) is 10.6 Å². The quantitative estimate of drug-likeness (QED) is 0.143. The van der Waals surface area contributed by atoms with Crippen molar-refractivity contribution in [2.75, 3.05) is 5.32 Å². The van der Waals surface area contributed by atoms with Crippen molar-refractivity contribution in [2.24, 2.45) is 0 Å². The Bertz CT molecular complexity index is 1090. The van der Waals surface area contributed by atoms with Gasteiger partial charge >= 0.3 is 0 Å². The van der Waals surface area contributed by atoms with E-state index < -0.39 is 4.87 Å². The van der Waals surface area contributed by atoms with Crippen LogP contribution in [0, 0.1) is 6.92 Å². The molecule has 0 bridgehead atoms. The highest BCUT2D eigenvalue weighted by atomic mass is 32.2. The summed E-state index contributed by atoms with van der Waals surface area (Å²) in [5.74, 6) is 0. The average Bonchev–Trinajstić information content (AvgIpc) is 2.81. The molecule has 1 unspecified atom stereocenters. The van der Waals surface area contributed by atoms with E-state index in [1.54, 1.807) is 11.8 Å². The third-order valence-electron chi connectivity index (χ3n) is 4.92. The van der Waals surface area contributed by atoms with Crippen LogP contribution in [-0.4, -0.2) is 4.86 Å². The van der Waals surface area contributed by atoms with Crippen molar-refractivity contribution in [3.63, 3.8) is 0 Å². The number of thiocarbonyl (C=S) groups is 1. The molecule has 0 aliphatic rings. The summed E-state index contributed by atoms with van der Waals surface area (Å²) in [6, 6.07) is 39.7. The van der Waals surface area contributed by atoms with Gasteiger partial charge in [-0.3, -0.25) is 0 Å². The predicted octanol–water partition coefficient (Wildman–Crippen LogP) is 7.47. The number of anilines is 1. The molecule has 3 heteroatoms. The van der Waals surface area contributed by atoms with Crippen LogP contribution in [0.1, 0.15) is 16.7 Å². The minimum Gasteiger partial charge on any atom is -0.362 e. The summed E-state index contributed by atoms with van der Waals surface area (Å²) in [4.78, 5) is 1.36. The van der Waals surface area contributed by atoms with E-state index in [1.165, 1.54) is 5.56 Å². The number of aryl methyl sites for hydroxylation is 1. The zero-order chi connectivity index (χ0) is 20.8. The monoisotopic (exact) mass is 425 g/mol. The minimum atomic E-state index is -0.644. The van der Waals surface area contributed by atoms with Crippen LogP contribution >= 0.6 is 24.0 Å². The van der Waals surface area contributed by atoms with Crippen LogP contribution in [0.5, 0.6) is 0 Å². The fraction of sp³-hybridized carbons (Fsp3) is 0.0741. The first-order valence-corrected chi connectivity index (χ1v) is 11.1. The summed E-state index contributed by atoms with van der Waals surface area (Å²) in [5.41, 5.74) is 4.42. The summed E-state index contributed by atoms with van der Waals surface area (Å²) in [7, 11) is 0. The standard InChI is InChI=1S/C27H23NS2/c1-21-17-19-24(20-18-21)28-27(23-13-7-3-8-14-23,30-25-15-9-4-10-16-25)26(29)22-11-5-2-6-12-22/h2-20,28H,1H3. The molecule has 1 nitrogen and oxygen atoms in total. The van der Waals surface area contributed by atoms with Gasteiger partial charge in [0.05, 0.1) is 4.86 Å². The summed E-state index contributed by atoms with van der Waals surface area (Å²) in [6.45, 7) is 2.10. The van der Waals surface area contributed by atoms with Crippen LogP contribution in [0.4, 0.5) is 5.69 Å². The van der Waals surface area contributed by atoms with Crippen LogP contribution in [0.25, 0.3) is 0 Å². The maximum absolute atomic E-state index is 6.18. The van der Waals surface area contributed by atoms with E-state index in [1.807, 2.05) is 30.3 Å². The first-order chi connectivity index (χ1) is 14.7. The molecule has 1 atom stereocenters. The predicted molar refractivity (Wildman–Crippen MR) is 133 cm³/mol. The van der Waals surface area contributed by atoms with Gasteiger partial charge in [-0.25, -0.2) is 0 Å². The molecule has 148 valence electrons. The van der Waals surface area contributed by atoms with Crippen molar-refractivity contribution in [3.8, 4) is 0 Å². The first kappa shape index (κ1) is 20.4. The minimum absolute atomic E-state index is 0.644. The second-order valence-corrected chi connectivity index (χ2v) is 8.84. The molecule has 4 aromatic carbocycles. The lowest BCUT2D eigenvalue weighted by atomic mass is 9.97. The number of rotatable bonds is 7.